The number of nitrogens with zero attached hydrogens (tertiary/aromatic N) is 1. The SMILES string of the molecule is NC=Nc1ccc(OCCCCBr)cc1. The van der Waals surface area contributed by atoms with E-state index in [-0.39, 0.29) is 0 Å². The van der Waals surface area contributed by atoms with Crippen molar-refractivity contribution in [3.05, 3.63) is 24.3 Å². The van der Waals surface area contributed by atoms with Gasteiger partial charge in [-0.15, -0.1) is 0 Å². The molecule has 0 fully saturated rings. The van der Waals surface area contributed by atoms with E-state index in [1.165, 1.54) is 6.34 Å². The monoisotopic (exact) mass is 270 g/mol. The fourth-order valence-corrected chi connectivity index (χ4v) is 1.50. The van der Waals surface area contributed by atoms with Crippen LogP contribution in [-0.2, 0) is 0 Å². The molecular weight excluding hydrogens is 256 g/mol. The normalized spacial score (nSPS) is 10.7. The quantitative estimate of drug-likeness (QED) is 0.374. The maximum Gasteiger partial charge on any atom is 0.119 e. The standard InChI is InChI=1S/C11H15BrN2O/c12-7-1-2-8-15-11-5-3-10(4-6-11)14-9-13/h3-6,9H,1-2,7-8H2,(H2,13,14). The van der Waals surface area contributed by atoms with Crippen LogP contribution < -0.4 is 10.5 Å². The van der Waals surface area contributed by atoms with Crippen molar-refractivity contribution < 1.29 is 4.74 Å². The van der Waals surface area contributed by atoms with Gasteiger partial charge >= 0.3 is 0 Å². The van der Waals surface area contributed by atoms with Gasteiger partial charge in [0.2, 0.25) is 0 Å². The van der Waals surface area contributed by atoms with Crippen LogP contribution in [0.1, 0.15) is 12.8 Å². The van der Waals surface area contributed by atoms with E-state index >= 15 is 0 Å². The zero-order valence-electron chi connectivity index (χ0n) is 8.53. The molecule has 0 aliphatic rings. The first-order valence-electron chi connectivity index (χ1n) is 4.90. The van der Waals surface area contributed by atoms with E-state index in [1.807, 2.05) is 24.3 Å². The summed E-state index contributed by atoms with van der Waals surface area (Å²) in [5.74, 6) is 0.876. The van der Waals surface area contributed by atoms with E-state index in [1.54, 1.807) is 0 Å². The summed E-state index contributed by atoms with van der Waals surface area (Å²) in [5, 5.41) is 1.03. The fourth-order valence-electron chi connectivity index (χ4n) is 1.10. The summed E-state index contributed by atoms with van der Waals surface area (Å²) in [5.41, 5.74) is 6.02. The van der Waals surface area contributed by atoms with Crippen molar-refractivity contribution in [2.24, 2.45) is 10.7 Å². The summed E-state index contributed by atoms with van der Waals surface area (Å²) >= 11 is 3.38. The lowest BCUT2D eigenvalue weighted by Crippen LogP contribution is -1.97. The van der Waals surface area contributed by atoms with Crippen LogP contribution in [0.2, 0.25) is 0 Å². The summed E-state index contributed by atoms with van der Waals surface area (Å²) in [6.45, 7) is 0.755. The number of hydrogen-bond donors (Lipinski definition) is 1. The predicted octanol–water partition coefficient (Wildman–Crippen LogP) is 2.86. The minimum Gasteiger partial charge on any atom is -0.494 e. The number of alkyl halides is 1. The van der Waals surface area contributed by atoms with Crippen molar-refractivity contribution in [3.8, 4) is 5.75 Å². The Morgan fingerprint density at radius 2 is 2.00 bits per heavy atom. The van der Waals surface area contributed by atoms with Crippen molar-refractivity contribution in [3.63, 3.8) is 0 Å². The van der Waals surface area contributed by atoms with Crippen LogP contribution in [0.5, 0.6) is 5.75 Å². The molecule has 4 heteroatoms. The molecule has 0 unspecified atom stereocenters. The molecule has 0 radical (unpaired) electrons. The van der Waals surface area contributed by atoms with E-state index in [0.29, 0.717) is 0 Å². The molecule has 3 nitrogen and oxygen atoms in total. The second-order valence-corrected chi connectivity index (χ2v) is 3.81. The van der Waals surface area contributed by atoms with Gasteiger partial charge in [0.05, 0.1) is 18.6 Å². The Morgan fingerprint density at radius 3 is 2.60 bits per heavy atom. The van der Waals surface area contributed by atoms with Gasteiger partial charge in [0.25, 0.3) is 0 Å². The van der Waals surface area contributed by atoms with Gasteiger partial charge in [-0.25, -0.2) is 4.99 Å². The van der Waals surface area contributed by atoms with Crippen LogP contribution in [-0.4, -0.2) is 18.3 Å². The van der Waals surface area contributed by atoms with Gasteiger partial charge in [-0.2, -0.15) is 0 Å². The third-order valence-electron chi connectivity index (χ3n) is 1.86. The molecule has 0 heterocycles. The van der Waals surface area contributed by atoms with Gasteiger partial charge in [0.1, 0.15) is 5.75 Å². The lowest BCUT2D eigenvalue weighted by Gasteiger charge is -2.05. The smallest absolute Gasteiger partial charge is 0.119 e. The molecule has 0 aliphatic carbocycles. The molecule has 0 saturated heterocycles. The van der Waals surface area contributed by atoms with Crippen molar-refractivity contribution in [1.82, 2.24) is 0 Å². The minimum absolute atomic E-state index is 0.755. The summed E-state index contributed by atoms with van der Waals surface area (Å²) in [6.07, 6.45) is 3.48. The van der Waals surface area contributed by atoms with Crippen LogP contribution in [0.3, 0.4) is 0 Å². The summed E-state index contributed by atoms with van der Waals surface area (Å²) in [4.78, 5) is 3.95. The van der Waals surface area contributed by atoms with Gasteiger partial charge < -0.3 is 10.5 Å². The van der Waals surface area contributed by atoms with Crippen LogP contribution >= 0.6 is 15.9 Å². The molecule has 0 bridgehead atoms. The van der Waals surface area contributed by atoms with Crippen molar-refractivity contribution in [1.29, 1.82) is 0 Å². The lowest BCUT2D eigenvalue weighted by atomic mass is 10.3. The highest BCUT2D eigenvalue weighted by atomic mass is 79.9. The first kappa shape index (κ1) is 12.0. The second kappa shape index (κ2) is 7.29. The van der Waals surface area contributed by atoms with Gasteiger partial charge in [-0.3, -0.25) is 0 Å². The van der Waals surface area contributed by atoms with Crippen LogP contribution in [0, 0.1) is 0 Å². The van der Waals surface area contributed by atoms with Gasteiger partial charge in [-0.1, -0.05) is 15.9 Å². The molecule has 82 valence electrons. The summed E-state index contributed by atoms with van der Waals surface area (Å²) in [7, 11) is 0. The molecule has 0 saturated carbocycles. The topological polar surface area (TPSA) is 47.6 Å². The Bertz CT molecular complexity index is 298. The zero-order valence-corrected chi connectivity index (χ0v) is 10.1. The number of rotatable bonds is 6. The van der Waals surface area contributed by atoms with Crippen LogP contribution in [0.25, 0.3) is 0 Å². The van der Waals surface area contributed by atoms with Gasteiger partial charge in [0, 0.05) is 5.33 Å². The molecule has 0 aromatic heterocycles. The largest absolute Gasteiger partial charge is 0.494 e. The Hall–Kier alpha value is -1.03. The van der Waals surface area contributed by atoms with Crippen molar-refractivity contribution >= 4 is 28.0 Å². The third-order valence-corrected chi connectivity index (χ3v) is 2.42. The minimum atomic E-state index is 0.755. The fraction of sp³-hybridized carbons (Fsp3) is 0.364. The number of unbranched alkanes of at least 4 members (excludes halogenated alkanes) is 1. The first-order chi connectivity index (χ1) is 7.36. The van der Waals surface area contributed by atoms with Crippen LogP contribution in [0.15, 0.2) is 29.3 Å². The maximum atomic E-state index is 5.54. The molecule has 1 rings (SSSR count). The number of nitrogens with two attached hydrogens (primary N) is 1. The van der Waals surface area contributed by atoms with E-state index < -0.39 is 0 Å². The molecule has 0 atom stereocenters. The Morgan fingerprint density at radius 1 is 1.27 bits per heavy atom. The van der Waals surface area contributed by atoms with Gasteiger partial charge in [0.15, 0.2) is 0 Å². The van der Waals surface area contributed by atoms with E-state index in [9.17, 15) is 0 Å². The Labute approximate surface area is 98.5 Å². The first-order valence-corrected chi connectivity index (χ1v) is 6.02. The Kier molecular flexibility index (Phi) is 5.85. The molecule has 0 aliphatic heterocycles. The third kappa shape index (κ3) is 4.83. The molecule has 2 N–H and O–H groups in total. The summed E-state index contributed by atoms with van der Waals surface area (Å²) < 4.78 is 5.54. The summed E-state index contributed by atoms with van der Waals surface area (Å²) in [6, 6.07) is 7.55. The Balaban J connectivity index is 2.36. The highest BCUT2D eigenvalue weighted by Crippen LogP contribution is 2.17. The molecule has 1 aromatic rings. The molecule has 1 aromatic carbocycles. The average molecular weight is 271 g/mol. The van der Waals surface area contributed by atoms with Gasteiger partial charge in [-0.05, 0) is 37.1 Å². The number of halogens is 1. The highest BCUT2D eigenvalue weighted by Gasteiger charge is 1.93. The van der Waals surface area contributed by atoms with E-state index in [4.69, 9.17) is 10.5 Å². The maximum absolute atomic E-state index is 5.54. The van der Waals surface area contributed by atoms with E-state index in [0.717, 1.165) is 36.2 Å². The number of aliphatic imine (C=N–C) groups is 1. The second-order valence-electron chi connectivity index (χ2n) is 3.02. The van der Waals surface area contributed by atoms with E-state index in [2.05, 4.69) is 20.9 Å². The number of benzene rings is 1. The van der Waals surface area contributed by atoms with Crippen LogP contribution in [0.4, 0.5) is 5.69 Å². The van der Waals surface area contributed by atoms with Crippen molar-refractivity contribution in [2.75, 3.05) is 11.9 Å². The highest BCUT2D eigenvalue weighted by molar-refractivity contribution is 9.09. The molecule has 0 spiro atoms. The lowest BCUT2D eigenvalue weighted by molar-refractivity contribution is 0.310. The predicted molar refractivity (Wildman–Crippen MR) is 67.3 cm³/mol. The van der Waals surface area contributed by atoms with Crippen molar-refractivity contribution in [2.45, 2.75) is 12.8 Å². The molecular formula is C11H15BrN2O. The number of ether oxygens (including phenoxy) is 1. The molecule has 0 amide bonds. The number of hydrogen-bond acceptors (Lipinski definition) is 2. The molecule has 15 heavy (non-hydrogen) atoms. The average Bonchev–Trinajstić information content (AvgIpc) is 2.27. The zero-order chi connectivity index (χ0) is 10.9.